The molecule has 0 amide bonds. The maximum atomic E-state index is 11.0. The molecule has 19 heavy (non-hydrogen) atoms. The van der Waals surface area contributed by atoms with Crippen molar-refractivity contribution in [3.8, 4) is 0 Å². The van der Waals surface area contributed by atoms with Crippen LogP contribution in [0.15, 0.2) is 47.5 Å². The summed E-state index contributed by atoms with van der Waals surface area (Å²) in [4.78, 5) is 21.4. The van der Waals surface area contributed by atoms with Crippen LogP contribution in [0, 0.1) is 10.1 Å². The summed E-state index contributed by atoms with van der Waals surface area (Å²) in [6.07, 6.45) is 3.23. The number of hydrazine groups is 1. The number of aromatic nitrogens is 1. The Morgan fingerprint density at radius 1 is 1.26 bits per heavy atom. The predicted molar refractivity (Wildman–Crippen MR) is 70.7 cm³/mol. The number of benzene rings is 1. The van der Waals surface area contributed by atoms with Gasteiger partial charge in [0.1, 0.15) is 5.69 Å². The van der Waals surface area contributed by atoms with E-state index in [9.17, 15) is 14.9 Å². The monoisotopic (exact) mass is 260 g/mol. The molecule has 1 aromatic carbocycles. The number of pyridine rings is 1. The van der Waals surface area contributed by atoms with E-state index in [2.05, 4.69) is 5.43 Å². The third-order valence-electron chi connectivity index (χ3n) is 2.68. The molecule has 98 valence electrons. The summed E-state index contributed by atoms with van der Waals surface area (Å²) < 4.78 is 1.74. The Kier molecular flexibility index (Phi) is 3.58. The van der Waals surface area contributed by atoms with Crippen LogP contribution in [-0.4, -0.2) is 9.49 Å². The first-order valence-electron chi connectivity index (χ1n) is 5.51. The van der Waals surface area contributed by atoms with Crippen molar-refractivity contribution in [2.75, 3.05) is 5.43 Å². The number of nitrogen functional groups attached to an aromatic ring is 1. The highest BCUT2D eigenvalue weighted by Crippen LogP contribution is 2.27. The summed E-state index contributed by atoms with van der Waals surface area (Å²) in [6, 6.07) is 7.56. The van der Waals surface area contributed by atoms with E-state index >= 15 is 0 Å². The molecule has 0 fully saturated rings. The van der Waals surface area contributed by atoms with Crippen molar-refractivity contribution in [2.24, 2.45) is 5.84 Å². The molecule has 7 nitrogen and oxygen atoms in total. The van der Waals surface area contributed by atoms with Gasteiger partial charge in [-0.2, -0.15) is 0 Å². The van der Waals surface area contributed by atoms with Gasteiger partial charge in [-0.25, -0.2) is 0 Å². The van der Waals surface area contributed by atoms with E-state index in [0.717, 1.165) is 0 Å². The SMILES string of the molecule is NNc1c(Cn2ccc(=O)cc2)cccc1[N+](=O)[O-]. The number of nitrogens with two attached hydrogens (primary N) is 1. The second-order valence-electron chi connectivity index (χ2n) is 3.92. The van der Waals surface area contributed by atoms with E-state index in [-0.39, 0.29) is 16.8 Å². The van der Waals surface area contributed by atoms with Crippen LogP contribution in [0.25, 0.3) is 0 Å². The third-order valence-corrected chi connectivity index (χ3v) is 2.68. The summed E-state index contributed by atoms with van der Waals surface area (Å²) in [5.74, 6) is 5.35. The summed E-state index contributed by atoms with van der Waals surface area (Å²) in [5, 5.41) is 10.9. The molecule has 0 aliphatic carbocycles. The molecule has 0 spiro atoms. The minimum atomic E-state index is -0.496. The Hall–Kier alpha value is -2.67. The first-order chi connectivity index (χ1) is 9.11. The van der Waals surface area contributed by atoms with Gasteiger partial charge in [0.05, 0.1) is 4.92 Å². The molecule has 3 N–H and O–H groups in total. The van der Waals surface area contributed by atoms with E-state index in [0.29, 0.717) is 12.1 Å². The van der Waals surface area contributed by atoms with Crippen LogP contribution < -0.4 is 16.7 Å². The maximum absolute atomic E-state index is 11.0. The van der Waals surface area contributed by atoms with E-state index < -0.39 is 4.92 Å². The lowest BCUT2D eigenvalue weighted by Crippen LogP contribution is -2.13. The number of nitro benzene ring substituents is 1. The molecule has 2 rings (SSSR count). The molecule has 0 saturated carbocycles. The average molecular weight is 260 g/mol. The molecular weight excluding hydrogens is 248 g/mol. The number of rotatable bonds is 4. The Balaban J connectivity index is 2.39. The molecule has 0 aliphatic heterocycles. The van der Waals surface area contributed by atoms with Crippen molar-refractivity contribution in [2.45, 2.75) is 6.54 Å². The van der Waals surface area contributed by atoms with Gasteiger partial charge in [0.15, 0.2) is 5.43 Å². The van der Waals surface area contributed by atoms with Crippen LogP contribution in [0.1, 0.15) is 5.56 Å². The van der Waals surface area contributed by atoms with Crippen LogP contribution in [-0.2, 0) is 6.54 Å². The third kappa shape index (κ3) is 2.78. The highest BCUT2D eigenvalue weighted by Gasteiger charge is 2.16. The molecule has 0 aliphatic rings. The number of anilines is 1. The number of nitro groups is 1. The van der Waals surface area contributed by atoms with Crippen molar-refractivity contribution < 1.29 is 4.92 Å². The van der Waals surface area contributed by atoms with E-state index in [4.69, 9.17) is 5.84 Å². The molecule has 1 aromatic heterocycles. The van der Waals surface area contributed by atoms with Gasteiger partial charge in [-0.05, 0) is 0 Å². The Labute approximate surface area is 108 Å². The van der Waals surface area contributed by atoms with Crippen LogP contribution in [0.4, 0.5) is 11.4 Å². The van der Waals surface area contributed by atoms with Crippen LogP contribution in [0.2, 0.25) is 0 Å². The molecule has 1 heterocycles. The molecule has 2 aromatic rings. The fraction of sp³-hybridized carbons (Fsp3) is 0.0833. The van der Waals surface area contributed by atoms with E-state index in [1.807, 2.05) is 0 Å². The van der Waals surface area contributed by atoms with E-state index in [1.54, 1.807) is 29.1 Å². The fourth-order valence-corrected chi connectivity index (χ4v) is 1.78. The minimum absolute atomic E-state index is 0.0824. The Bertz CT molecular complexity index is 646. The quantitative estimate of drug-likeness (QED) is 0.486. The number of hydrogen-bond donors (Lipinski definition) is 2. The average Bonchev–Trinajstić information content (AvgIpc) is 2.41. The van der Waals surface area contributed by atoms with Gasteiger partial charge in [0, 0.05) is 42.7 Å². The molecule has 0 radical (unpaired) electrons. The first kappa shape index (κ1) is 12.8. The van der Waals surface area contributed by atoms with Crippen molar-refractivity contribution in [3.05, 3.63) is 68.6 Å². The lowest BCUT2D eigenvalue weighted by atomic mass is 10.1. The topological polar surface area (TPSA) is 103 Å². The van der Waals surface area contributed by atoms with Gasteiger partial charge in [0.25, 0.3) is 5.69 Å². The number of nitrogens with zero attached hydrogens (tertiary/aromatic N) is 2. The highest BCUT2D eigenvalue weighted by atomic mass is 16.6. The van der Waals surface area contributed by atoms with Crippen LogP contribution >= 0.6 is 0 Å². The predicted octanol–water partition coefficient (Wildman–Crippen LogP) is 1.09. The van der Waals surface area contributed by atoms with Gasteiger partial charge in [-0.1, -0.05) is 12.1 Å². The molecule has 7 heteroatoms. The van der Waals surface area contributed by atoms with Crippen molar-refractivity contribution in [1.82, 2.24) is 4.57 Å². The number of para-hydroxylation sites is 1. The smallest absolute Gasteiger partial charge is 0.293 e. The standard InChI is InChI=1S/C12H12N4O3/c13-14-12-9(2-1-3-11(12)16(18)19)8-15-6-4-10(17)5-7-15/h1-7,14H,8,13H2. The zero-order valence-electron chi connectivity index (χ0n) is 9.95. The van der Waals surface area contributed by atoms with Gasteiger partial charge < -0.3 is 9.99 Å². The molecule has 0 unspecified atom stereocenters. The molecule has 0 bridgehead atoms. The summed E-state index contributed by atoms with van der Waals surface area (Å²) in [7, 11) is 0. The fourth-order valence-electron chi connectivity index (χ4n) is 1.78. The largest absolute Gasteiger partial charge is 0.350 e. The second kappa shape index (κ2) is 5.32. The number of nitrogens with one attached hydrogen (secondary N) is 1. The first-order valence-corrected chi connectivity index (χ1v) is 5.51. The van der Waals surface area contributed by atoms with Crippen molar-refractivity contribution in [3.63, 3.8) is 0 Å². The van der Waals surface area contributed by atoms with Gasteiger partial charge in [-0.15, -0.1) is 0 Å². The zero-order valence-corrected chi connectivity index (χ0v) is 9.95. The molecular formula is C12H12N4O3. The summed E-state index contributed by atoms with van der Waals surface area (Å²) >= 11 is 0. The van der Waals surface area contributed by atoms with Crippen molar-refractivity contribution >= 4 is 11.4 Å². The normalized spacial score (nSPS) is 10.2. The second-order valence-corrected chi connectivity index (χ2v) is 3.92. The lowest BCUT2D eigenvalue weighted by molar-refractivity contribution is -0.384. The highest BCUT2D eigenvalue weighted by molar-refractivity contribution is 5.65. The lowest BCUT2D eigenvalue weighted by Gasteiger charge is -2.11. The molecule has 0 saturated heterocycles. The van der Waals surface area contributed by atoms with Gasteiger partial charge >= 0.3 is 0 Å². The Morgan fingerprint density at radius 3 is 2.53 bits per heavy atom. The maximum Gasteiger partial charge on any atom is 0.293 e. The molecule has 0 atom stereocenters. The van der Waals surface area contributed by atoms with Gasteiger partial charge in [-0.3, -0.25) is 20.8 Å². The van der Waals surface area contributed by atoms with Crippen LogP contribution in [0.3, 0.4) is 0 Å². The Morgan fingerprint density at radius 2 is 1.95 bits per heavy atom. The summed E-state index contributed by atoms with van der Waals surface area (Å²) in [6.45, 7) is 0.376. The summed E-state index contributed by atoms with van der Waals surface area (Å²) in [5.41, 5.74) is 3.12. The van der Waals surface area contributed by atoms with Crippen LogP contribution in [0.5, 0.6) is 0 Å². The number of hydrogen-bond acceptors (Lipinski definition) is 5. The van der Waals surface area contributed by atoms with Gasteiger partial charge in [0.2, 0.25) is 0 Å². The minimum Gasteiger partial charge on any atom is -0.350 e. The zero-order chi connectivity index (χ0) is 13.8. The van der Waals surface area contributed by atoms with E-state index in [1.165, 1.54) is 18.2 Å². The van der Waals surface area contributed by atoms with Crippen molar-refractivity contribution in [1.29, 1.82) is 0 Å².